The number of nitriles is 1. The van der Waals surface area contributed by atoms with Crippen LogP contribution in [-0.4, -0.2) is 11.1 Å². The van der Waals surface area contributed by atoms with Crippen molar-refractivity contribution in [3.63, 3.8) is 0 Å². The first-order valence-electron chi connectivity index (χ1n) is 6.82. The van der Waals surface area contributed by atoms with E-state index in [4.69, 9.17) is 16.9 Å². The van der Waals surface area contributed by atoms with E-state index in [0.717, 1.165) is 18.5 Å². The molecule has 1 atom stereocenters. The van der Waals surface area contributed by atoms with E-state index in [9.17, 15) is 5.11 Å². The van der Waals surface area contributed by atoms with Crippen LogP contribution in [-0.2, 0) is 6.42 Å². The zero-order valence-electron chi connectivity index (χ0n) is 11.8. The van der Waals surface area contributed by atoms with Crippen LogP contribution in [0.5, 0.6) is 5.75 Å². The summed E-state index contributed by atoms with van der Waals surface area (Å²) in [6, 6.07) is 14.8. The molecular formula is C17H17ClN2O. The zero-order valence-corrected chi connectivity index (χ0v) is 12.6. The standard InChI is InChI=1S/C17H17ClN2O/c1-12(2-3-13-4-8-16(21)9-5-13)20-17-10-15(18)7-6-14(17)11-19/h4-10,12,20-21H,2-3H2,1H3. The molecule has 0 radical (unpaired) electrons. The highest BCUT2D eigenvalue weighted by Crippen LogP contribution is 2.22. The summed E-state index contributed by atoms with van der Waals surface area (Å²) in [4.78, 5) is 0. The fraction of sp³-hybridized carbons (Fsp3) is 0.235. The number of hydrogen-bond acceptors (Lipinski definition) is 3. The molecule has 0 aliphatic rings. The molecule has 108 valence electrons. The van der Waals surface area contributed by atoms with E-state index in [-0.39, 0.29) is 11.8 Å². The molecule has 2 aromatic rings. The molecule has 2 N–H and O–H groups in total. The molecule has 0 amide bonds. The van der Waals surface area contributed by atoms with Crippen LogP contribution < -0.4 is 5.32 Å². The van der Waals surface area contributed by atoms with Gasteiger partial charge in [0.15, 0.2) is 0 Å². The fourth-order valence-corrected chi connectivity index (χ4v) is 2.29. The lowest BCUT2D eigenvalue weighted by molar-refractivity contribution is 0.475. The van der Waals surface area contributed by atoms with Crippen LogP contribution in [0.4, 0.5) is 5.69 Å². The molecule has 2 rings (SSSR count). The average Bonchev–Trinajstić information content (AvgIpc) is 2.47. The Bertz CT molecular complexity index is 647. The summed E-state index contributed by atoms with van der Waals surface area (Å²) in [7, 11) is 0. The molecule has 0 bridgehead atoms. The Morgan fingerprint density at radius 3 is 2.62 bits per heavy atom. The lowest BCUT2D eigenvalue weighted by Gasteiger charge is -2.16. The maximum absolute atomic E-state index is 9.26. The molecule has 0 saturated carbocycles. The summed E-state index contributed by atoms with van der Waals surface area (Å²) in [5.74, 6) is 0.280. The highest BCUT2D eigenvalue weighted by atomic mass is 35.5. The monoisotopic (exact) mass is 300 g/mol. The van der Waals surface area contributed by atoms with E-state index in [2.05, 4.69) is 18.3 Å². The minimum Gasteiger partial charge on any atom is -0.508 e. The van der Waals surface area contributed by atoms with E-state index < -0.39 is 0 Å². The maximum atomic E-state index is 9.26. The molecule has 0 saturated heterocycles. The summed E-state index contributed by atoms with van der Waals surface area (Å²) in [5, 5.41) is 22.3. The summed E-state index contributed by atoms with van der Waals surface area (Å²) in [5.41, 5.74) is 2.53. The smallest absolute Gasteiger partial charge is 0.115 e. The minimum absolute atomic E-state index is 0.212. The van der Waals surface area contributed by atoms with Crippen LogP contribution in [0.2, 0.25) is 5.02 Å². The predicted octanol–water partition coefficient (Wildman–Crippen LogP) is 4.35. The molecule has 0 spiro atoms. The number of benzene rings is 2. The Labute approximate surface area is 129 Å². The van der Waals surface area contributed by atoms with Crippen LogP contribution in [0.3, 0.4) is 0 Å². The second-order valence-electron chi connectivity index (χ2n) is 5.05. The van der Waals surface area contributed by atoms with Gasteiger partial charge in [0.25, 0.3) is 0 Å². The largest absolute Gasteiger partial charge is 0.508 e. The number of hydrogen-bond donors (Lipinski definition) is 2. The van der Waals surface area contributed by atoms with Gasteiger partial charge in [0, 0.05) is 11.1 Å². The van der Waals surface area contributed by atoms with Crippen LogP contribution in [0, 0.1) is 11.3 Å². The van der Waals surface area contributed by atoms with Crippen molar-refractivity contribution in [1.82, 2.24) is 0 Å². The quantitative estimate of drug-likeness (QED) is 0.863. The summed E-state index contributed by atoms with van der Waals surface area (Å²) >= 11 is 5.97. The molecule has 0 fully saturated rings. The second kappa shape index (κ2) is 7.01. The third-order valence-corrected chi connectivity index (χ3v) is 3.54. The SMILES string of the molecule is CC(CCc1ccc(O)cc1)Nc1cc(Cl)ccc1C#N. The van der Waals surface area contributed by atoms with Crippen LogP contribution in [0.15, 0.2) is 42.5 Å². The minimum atomic E-state index is 0.212. The molecule has 4 heteroatoms. The average molecular weight is 301 g/mol. The number of anilines is 1. The zero-order chi connectivity index (χ0) is 15.2. The van der Waals surface area contributed by atoms with Gasteiger partial charge in [-0.3, -0.25) is 0 Å². The first kappa shape index (κ1) is 15.2. The fourth-order valence-electron chi connectivity index (χ4n) is 2.12. The van der Waals surface area contributed by atoms with Crippen molar-refractivity contribution in [2.24, 2.45) is 0 Å². The van der Waals surface area contributed by atoms with Crippen molar-refractivity contribution in [3.8, 4) is 11.8 Å². The number of halogens is 1. The van der Waals surface area contributed by atoms with Crippen molar-refractivity contribution >= 4 is 17.3 Å². The number of nitrogens with one attached hydrogen (secondary N) is 1. The van der Waals surface area contributed by atoms with Gasteiger partial charge in [0.05, 0.1) is 11.3 Å². The van der Waals surface area contributed by atoms with E-state index in [0.29, 0.717) is 10.6 Å². The molecule has 0 heterocycles. The van der Waals surface area contributed by atoms with E-state index >= 15 is 0 Å². The van der Waals surface area contributed by atoms with Gasteiger partial charge in [-0.2, -0.15) is 5.26 Å². The number of phenols is 1. The van der Waals surface area contributed by atoms with Gasteiger partial charge >= 0.3 is 0 Å². The summed E-state index contributed by atoms with van der Waals surface area (Å²) in [6.45, 7) is 2.07. The van der Waals surface area contributed by atoms with Crippen molar-refractivity contribution < 1.29 is 5.11 Å². The number of rotatable bonds is 5. The number of aryl methyl sites for hydroxylation is 1. The maximum Gasteiger partial charge on any atom is 0.115 e. The highest BCUT2D eigenvalue weighted by Gasteiger charge is 2.07. The second-order valence-corrected chi connectivity index (χ2v) is 5.49. The highest BCUT2D eigenvalue weighted by molar-refractivity contribution is 6.30. The normalized spacial score (nSPS) is 11.7. The van der Waals surface area contributed by atoms with Crippen LogP contribution in [0.25, 0.3) is 0 Å². The number of phenolic OH excluding ortho intramolecular Hbond substituents is 1. The first-order chi connectivity index (χ1) is 10.1. The van der Waals surface area contributed by atoms with Gasteiger partial charge in [-0.25, -0.2) is 0 Å². The number of aromatic hydroxyl groups is 1. The molecule has 2 aromatic carbocycles. The molecular weight excluding hydrogens is 284 g/mol. The Morgan fingerprint density at radius 2 is 1.95 bits per heavy atom. The Hall–Kier alpha value is -2.18. The Kier molecular flexibility index (Phi) is 5.08. The van der Waals surface area contributed by atoms with Crippen molar-refractivity contribution in [2.45, 2.75) is 25.8 Å². The van der Waals surface area contributed by atoms with Crippen molar-refractivity contribution in [2.75, 3.05) is 5.32 Å². The first-order valence-corrected chi connectivity index (χ1v) is 7.20. The molecule has 1 unspecified atom stereocenters. The summed E-state index contributed by atoms with van der Waals surface area (Å²) < 4.78 is 0. The van der Waals surface area contributed by atoms with Crippen molar-refractivity contribution in [1.29, 1.82) is 5.26 Å². The molecule has 3 nitrogen and oxygen atoms in total. The van der Waals surface area contributed by atoms with Gasteiger partial charge < -0.3 is 10.4 Å². The molecule has 0 aliphatic carbocycles. The van der Waals surface area contributed by atoms with Gasteiger partial charge in [-0.15, -0.1) is 0 Å². The number of nitrogens with zero attached hydrogens (tertiary/aromatic N) is 1. The van der Waals surface area contributed by atoms with Crippen LogP contribution in [0.1, 0.15) is 24.5 Å². The Morgan fingerprint density at radius 1 is 1.24 bits per heavy atom. The summed E-state index contributed by atoms with van der Waals surface area (Å²) in [6.07, 6.45) is 1.82. The molecule has 0 aliphatic heterocycles. The third kappa shape index (κ3) is 4.40. The lowest BCUT2D eigenvalue weighted by atomic mass is 10.1. The van der Waals surface area contributed by atoms with E-state index in [1.807, 2.05) is 12.1 Å². The molecule has 0 aromatic heterocycles. The van der Waals surface area contributed by atoms with Gasteiger partial charge in [-0.05, 0) is 55.7 Å². The third-order valence-electron chi connectivity index (χ3n) is 3.31. The van der Waals surface area contributed by atoms with E-state index in [1.165, 1.54) is 5.56 Å². The molecule has 21 heavy (non-hydrogen) atoms. The lowest BCUT2D eigenvalue weighted by Crippen LogP contribution is -2.16. The van der Waals surface area contributed by atoms with Crippen LogP contribution >= 0.6 is 11.6 Å². The topological polar surface area (TPSA) is 56.0 Å². The predicted molar refractivity (Wildman–Crippen MR) is 85.7 cm³/mol. The van der Waals surface area contributed by atoms with E-state index in [1.54, 1.807) is 30.3 Å². The van der Waals surface area contributed by atoms with Gasteiger partial charge in [0.2, 0.25) is 0 Å². The van der Waals surface area contributed by atoms with Crippen molar-refractivity contribution in [3.05, 3.63) is 58.6 Å². The van der Waals surface area contributed by atoms with Gasteiger partial charge in [-0.1, -0.05) is 23.7 Å². The Balaban J connectivity index is 1.96. The van der Waals surface area contributed by atoms with Gasteiger partial charge in [0.1, 0.15) is 11.8 Å².